The van der Waals surface area contributed by atoms with Crippen molar-refractivity contribution in [1.29, 1.82) is 0 Å². The van der Waals surface area contributed by atoms with Crippen molar-refractivity contribution < 1.29 is 9.13 Å². The third-order valence-electron chi connectivity index (χ3n) is 14.4. The number of rotatable bonds is 50. The molecule has 2 heterocycles. The van der Waals surface area contributed by atoms with Crippen molar-refractivity contribution >= 4 is 0 Å². The summed E-state index contributed by atoms with van der Waals surface area (Å²) in [7, 11) is 0. The van der Waals surface area contributed by atoms with Crippen LogP contribution in [0, 0.1) is 0 Å². The first kappa shape index (κ1) is 57.5. The Morgan fingerprint density at radius 3 is 0.667 bits per heavy atom. The van der Waals surface area contributed by atoms with Crippen LogP contribution in [-0.2, 0) is 26.2 Å². The summed E-state index contributed by atoms with van der Waals surface area (Å²) < 4.78 is 10.6. The summed E-state index contributed by atoms with van der Waals surface area (Å²) in [5.74, 6) is 2.95. The molecule has 2 aromatic heterocycles. The lowest BCUT2D eigenvalue weighted by Crippen LogP contribution is -2.43. The molecule has 0 saturated heterocycles. The van der Waals surface area contributed by atoms with Crippen LogP contribution >= 0.6 is 0 Å². The van der Waals surface area contributed by atoms with Gasteiger partial charge < -0.3 is 0 Å². The molecule has 0 amide bonds. The van der Waals surface area contributed by atoms with E-state index in [2.05, 4.69) is 70.8 Å². The second-order valence-electron chi connectivity index (χ2n) is 20.5. The maximum atomic E-state index is 2.66. The van der Waals surface area contributed by atoms with Crippen molar-refractivity contribution in [2.45, 2.75) is 343 Å². The van der Waals surface area contributed by atoms with E-state index in [0.29, 0.717) is 0 Å². The van der Waals surface area contributed by atoms with Crippen molar-refractivity contribution in [3.63, 3.8) is 0 Å². The van der Waals surface area contributed by atoms with Gasteiger partial charge in [-0.3, -0.25) is 0 Å². The molecular formula is C59H114N4+2. The monoisotopic (exact) mass is 879 g/mol. The molecular weight excluding hydrogens is 765 g/mol. The quantitative estimate of drug-likeness (QED) is 0.0465. The SMILES string of the molecule is CCCCCCCCCCCCCCCCCCCn1cc[n+](CCCCCCC)c1-c1n(CCCCCCCC)cc[n+]1CCCCCCCCCCCCCCCCCCC. The summed E-state index contributed by atoms with van der Waals surface area (Å²) in [4.78, 5) is 0. The van der Waals surface area contributed by atoms with Crippen molar-refractivity contribution in [2.24, 2.45) is 0 Å². The Balaban J connectivity index is 1.86. The predicted molar refractivity (Wildman–Crippen MR) is 279 cm³/mol. The van der Waals surface area contributed by atoms with Crippen LogP contribution in [-0.4, -0.2) is 9.13 Å². The van der Waals surface area contributed by atoms with Gasteiger partial charge in [-0.15, -0.1) is 0 Å². The fourth-order valence-electron chi connectivity index (χ4n) is 10.1. The molecule has 0 aromatic carbocycles. The van der Waals surface area contributed by atoms with Gasteiger partial charge in [0.05, 0.1) is 26.2 Å². The highest BCUT2D eigenvalue weighted by Gasteiger charge is 2.32. The van der Waals surface area contributed by atoms with Gasteiger partial charge in [-0.25, -0.2) is 18.3 Å². The van der Waals surface area contributed by atoms with E-state index in [1.807, 2.05) is 0 Å². The average molecular weight is 880 g/mol. The van der Waals surface area contributed by atoms with E-state index in [0.717, 1.165) is 26.2 Å². The molecule has 0 radical (unpaired) electrons. The predicted octanol–water partition coefficient (Wildman–Crippen LogP) is 19.2. The molecule has 0 aliphatic heterocycles. The summed E-state index contributed by atoms with van der Waals surface area (Å²) in [6.45, 7) is 13.9. The van der Waals surface area contributed by atoms with E-state index in [1.54, 1.807) is 0 Å². The molecule has 0 unspecified atom stereocenters. The fourth-order valence-corrected chi connectivity index (χ4v) is 10.1. The maximum absolute atomic E-state index is 2.66. The van der Waals surface area contributed by atoms with Crippen LogP contribution in [0.4, 0.5) is 0 Å². The molecule has 0 fully saturated rings. The lowest BCUT2D eigenvalue weighted by molar-refractivity contribution is -0.715. The van der Waals surface area contributed by atoms with E-state index < -0.39 is 0 Å². The first-order valence-electron chi connectivity index (χ1n) is 29.4. The number of aromatic nitrogens is 4. The number of hydrogen-bond acceptors (Lipinski definition) is 0. The van der Waals surface area contributed by atoms with Crippen LogP contribution in [0.2, 0.25) is 0 Å². The molecule has 2 rings (SSSR count). The third-order valence-corrected chi connectivity index (χ3v) is 14.4. The van der Waals surface area contributed by atoms with E-state index in [9.17, 15) is 0 Å². The number of imidazole rings is 2. The molecule has 0 bridgehead atoms. The maximum Gasteiger partial charge on any atom is 0.373 e. The van der Waals surface area contributed by atoms with Crippen molar-refractivity contribution in [1.82, 2.24) is 9.13 Å². The molecule has 0 aliphatic rings. The number of nitrogens with zero attached hydrogens (tertiary/aromatic N) is 4. The van der Waals surface area contributed by atoms with E-state index in [-0.39, 0.29) is 0 Å². The van der Waals surface area contributed by atoms with Gasteiger partial charge in [-0.1, -0.05) is 265 Å². The van der Waals surface area contributed by atoms with Gasteiger partial charge in [0, 0.05) is 0 Å². The van der Waals surface area contributed by atoms with E-state index in [4.69, 9.17) is 0 Å². The minimum Gasteiger partial charge on any atom is -0.223 e. The molecule has 63 heavy (non-hydrogen) atoms. The number of unbranched alkanes of at least 4 members (excludes halogenated alkanes) is 41. The summed E-state index contributed by atoms with van der Waals surface area (Å²) in [5.41, 5.74) is 0. The zero-order valence-corrected chi connectivity index (χ0v) is 43.7. The van der Waals surface area contributed by atoms with Crippen LogP contribution in [0.5, 0.6) is 0 Å². The number of aryl methyl sites for hydroxylation is 4. The summed E-state index contributed by atoms with van der Waals surface area (Å²) in [5, 5.41) is 0. The van der Waals surface area contributed by atoms with Gasteiger partial charge >= 0.3 is 11.6 Å². The molecule has 0 spiro atoms. The van der Waals surface area contributed by atoms with Crippen molar-refractivity contribution in [3.8, 4) is 11.6 Å². The minimum absolute atomic E-state index is 1.15. The van der Waals surface area contributed by atoms with Crippen molar-refractivity contribution in [2.75, 3.05) is 0 Å². The first-order chi connectivity index (χ1) is 31.3. The zero-order valence-electron chi connectivity index (χ0n) is 43.7. The highest BCUT2D eigenvalue weighted by molar-refractivity contribution is 5.36. The number of hydrogen-bond donors (Lipinski definition) is 0. The second kappa shape index (κ2) is 44.3. The standard InChI is InChI=1S/C59H114N4/c1-5-9-13-17-20-22-24-26-28-30-32-34-36-38-40-44-48-52-62-55-54-60(50-46-42-16-12-8-4)58(62)59-61(51-47-43-19-15-11-7-3)56-57-63(59)53-49-45-41-39-37-35-33-31-29-27-25-23-21-18-14-10-6-2/h54-57H,5-53H2,1-4H3/q+2. The van der Waals surface area contributed by atoms with Gasteiger partial charge in [-0.2, -0.15) is 0 Å². The molecule has 0 atom stereocenters. The van der Waals surface area contributed by atoms with Crippen LogP contribution < -0.4 is 9.13 Å². The van der Waals surface area contributed by atoms with Crippen LogP contribution in [0.3, 0.4) is 0 Å². The van der Waals surface area contributed by atoms with Crippen LogP contribution in [0.1, 0.15) is 317 Å². The topological polar surface area (TPSA) is 17.6 Å². The highest BCUT2D eigenvalue weighted by Crippen LogP contribution is 2.20. The first-order valence-corrected chi connectivity index (χ1v) is 29.4. The Morgan fingerprint density at radius 1 is 0.254 bits per heavy atom. The van der Waals surface area contributed by atoms with Gasteiger partial charge in [0.2, 0.25) is 0 Å². The second-order valence-corrected chi connectivity index (χ2v) is 20.5. The molecule has 2 aromatic rings. The largest absolute Gasteiger partial charge is 0.373 e. The molecule has 4 heteroatoms. The normalized spacial score (nSPS) is 11.7. The van der Waals surface area contributed by atoms with Gasteiger partial charge in [0.25, 0.3) is 0 Å². The minimum atomic E-state index is 1.15. The molecule has 0 N–H and O–H groups in total. The third kappa shape index (κ3) is 31.1. The summed E-state index contributed by atoms with van der Waals surface area (Å²) in [6.07, 6.45) is 73.4. The van der Waals surface area contributed by atoms with Crippen molar-refractivity contribution in [3.05, 3.63) is 24.8 Å². The zero-order chi connectivity index (χ0) is 44.9. The molecule has 4 nitrogen and oxygen atoms in total. The lowest BCUT2D eigenvalue weighted by atomic mass is 10.0. The Morgan fingerprint density at radius 2 is 0.444 bits per heavy atom. The Hall–Kier alpha value is -1.58. The lowest BCUT2D eigenvalue weighted by Gasteiger charge is -2.08. The van der Waals surface area contributed by atoms with Crippen LogP contribution in [0.25, 0.3) is 11.6 Å². The fraction of sp³-hybridized carbons (Fsp3) is 0.898. The summed E-state index contributed by atoms with van der Waals surface area (Å²) >= 11 is 0. The van der Waals surface area contributed by atoms with Gasteiger partial charge in [0.15, 0.2) is 0 Å². The van der Waals surface area contributed by atoms with E-state index in [1.165, 1.54) is 301 Å². The van der Waals surface area contributed by atoms with Crippen LogP contribution in [0.15, 0.2) is 24.8 Å². The van der Waals surface area contributed by atoms with Gasteiger partial charge in [-0.05, 0) is 51.4 Å². The molecule has 0 saturated carbocycles. The average Bonchev–Trinajstić information content (AvgIpc) is 3.89. The molecule has 368 valence electrons. The van der Waals surface area contributed by atoms with E-state index >= 15 is 0 Å². The summed E-state index contributed by atoms with van der Waals surface area (Å²) in [6, 6.07) is 0. The van der Waals surface area contributed by atoms with Gasteiger partial charge in [0.1, 0.15) is 24.8 Å². The Labute approximate surface area is 396 Å². The Bertz CT molecular complexity index is 1210. The highest BCUT2D eigenvalue weighted by atomic mass is 15.2. The smallest absolute Gasteiger partial charge is 0.223 e. The Kier molecular flexibility index (Phi) is 40.4. The molecule has 0 aliphatic carbocycles.